The lowest BCUT2D eigenvalue weighted by Crippen LogP contribution is -1.97. The summed E-state index contributed by atoms with van der Waals surface area (Å²) in [5.41, 5.74) is -0.663. The SMILES string of the molecule is O=C(O)c1ccc(F)c(Sc2ccc(F)cc2[N+](=O)[O-])c1. The number of carboxylic acid groups (broad SMARTS) is 1. The summed E-state index contributed by atoms with van der Waals surface area (Å²) in [6.45, 7) is 0. The van der Waals surface area contributed by atoms with E-state index in [9.17, 15) is 23.7 Å². The van der Waals surface area contributed by atoms with Gasteiger partial charge in [-0.2, -0.15) is 0 Å². The fourth-order valence-electron chi connectivity index (χ4n) is 1.55. The third kappa shape index (κ3) is 3.34. The van der Waals surface area contributed by atoms with Crippen LogP contribution < -0.4 is 0 Å². The molecule has 0 radical (unpaired) electrons. The zero-order chi connectivity index (χ0) is 15.6. The minimum atomic E-state index is -1.24. The predicted octanol–water partition coefficient (Wildman–Crippen LogP) is 3.72. The fourth-order valence-corrected chi connectivity index (χ4v) is 2.52. The Morgan fingerprint density at radius 3 is 2.48 bits per heavy atom. The Labute approximate surface area is 121 Å². The van der Waals surface area contributed by atoms with E-state index in [1.165, 1.54) is 0 Å². The van der Waals surface area contributed by atoms with E-state index in [1.54, 1.807) is 0 Å². The Morgan fingerprint density at radius 2 is 1.86 bits per heavy atom. The summed E-state index contributed by atoms with van der Waals surface area (Å²) in [5, 5.41) is 19.7. The molecule has 0 aliphatic carbocycles. The van der Waals surface area contributed by atoms with Crippen molar-refractivity contribution >= 4 is 23.4 Å². The molecule has 0 aliphatic rings. The van der Waals surface area contributed by atoms with Crippen LogP contribution in [0.2, 0.25) is 0 Å². The molecule has 21 heavy (non-hydrogen) atoms. The van der Waals surface area contributed by atoms with E-state index in [2.05, 4.69) is 0 Å². The monoisotopic (exact) mass is 311 g/mol. The predicted molar refractivity (Wildman–Crippen MR) is 70.5 cm³/mol. The molecule has 0 aliphatic heterocycles. The molecule has 0 aromatic heterocycles. The van der Waals surface area contributed by atoms with Crippen LogP contribution in [0.15, 0.2) is 46.2 Å². The van der Waals surface area contributed by atoms with Crippen LogP contribution in [0.5, 0.6) is 0 Å². The second kappa shape index (κ2) is 5.88. The van der Waals surface area contributed by atoms with Crippen LogP contribution in [0.3, 0.4) is 0 Å². The number of rotatable bonds is 4. The van der Waals surface area contributed by atoms with Crippen molar-refractivity contribution < 1.29 is 23.6 Å². The normalized spacial score (nSPS) is 10.4. The first kappa shape index (κ1) is 14.9. The molecular weight excluding hydrogens is 304 g/mol. The first-order valence-corrected chi connectivity index (χ1v) is 6.35. The molecule has 0 bridgehead atoms. The van der Waals surface area contributed by atoms with E-state index in [0.29, 0.717) is 11.8 Å². The van der Waals surface area contributed by atoms with Crippen molar-refractivity contribution in [3.05, 3.63) is 63.7 Å². The number of nitro groups is 1. The summed E-state index contributed by atoms with van der Waals surface area (Å²) in [6.07, 6.45) is 0. The lowest BCUT2D eigenvalue weighted by atomic mass is 10.2. The molecule has 0 atom stereocenters. The number of nitro benzene ring substituents is 1. The highest BCUT2D eigenvalue weighted by atomic mass is 32.2. The zero-order valence-electron chi connectivity index (χ0n) is 10.2. The third-order valence-corrected chi connectivity index (χ3v) is 3.61. The molecule has 2 aromatic carbocycles. The number of carboxylic acids is 1. The van der Waals surface area contributed by atoms with Gasteiger partial charge in [-0.25, -0.2) is 13.6 Å². The number of benzene rings is 2. The van der Waals surface area contributed by atoms with E-state index in [-0.39, 0.29) is 15.4 Å². The van der Waals surface area contributed by atoms with Crippen LogP contribution in [-0.2, 0) is 0 Å². The maximum absolute atomic E-state index is 13.7. The van der Waals surface area contributed by atoms with Crippen molar-refractivity contribution in [2.45, 2.75) is 9.79 Å². The molecule has 0 saturated heterocycles. The number of hydrogen-bond acceptors (Lipinski definition) is 4. The first-order valence-electron chi connectivity index (χ1n) is 5.53. The molecule has 0 amide bonds. The lowest BCUT2D eigenvalue weighted by Gasteiger charge is -2.05. The summed E-state index contributed by atoms with van der Waals surface area (Å²) in [6, 6.07) is 5.98. The molecule has 108 valence electrons. The van der Waals surface area contributed by atoms with Crippen LogP contribution in [-0.4, -0.2) is 16.0 Å². The third-order valence-electron chi connectivity index (χ3n) is 2.52. The van der Waals surface area contributed by atoms with Gasteiger partial charge in [0.05, 0.1) is 21.4 Å². The minimum absolute atomic E-state index is 0.0165. The van der Waals surface area contributed by atoms with Gasteiger partial charge in [0.25, 0.3) is 5.69 Å². The van der Waals surface area contributed by atoms with Gasteiger partial charge in [-0.1, -0.05) is 11.8 Å². The molecule has 0 spiro atoms. The highest BCUT2D eigenvalue weighted by Crippen LogP contribution is 2.36. The average Bonchev–Trinajstić information content (AvgIpc) is 2.42. The van der Waals surface area contributed by atoms with Crippen LogP contribution in [0.4, 0.5) is 14.5 Å². The molecule has 0 fully saturated rings. The number of nitrogens with zero attached hydrogens (tertiary/aromatic N) is 1. The van der Waals surface area contributed by atoms with Crippen molar-refractivity contribution in [1.29, 1.82) is 0 Å². The van der Waals surface area contributed by atoms with Crippen molar-refractivity contribution in [2.24, 2.45) is 0 Å². The van der Waals surface area contributed by atoms with Gasteiger partial charge in [-0.15, -0.1) is 0 Å². The quantitative estimate of drug-likeness (QED) is 0.687. The Balaban J connectivity index is 2.45. The number of hydrogen-bond donors (Lipinski definition) is 1. The summed E-state index contributed by atoms with van der Waals surface area (Å²) in [7, 11) is 0. The topological polar surface area (TPSA) is 80.4 Å². The maximum atomic E-state index is 13.7. The van der Waals surface area contributed by atoms with Gasteiger partial charge < -0.3 is 5.11 Å². The van der Waals surface area contributed by atoms with Crippen molar-refractivity contribution in [3.63, 3.8) is 0 Å². The van der Waals surface area contributed by atoms with Gasteiger partial charge >= 0.3 is 5.97 Å². The Morgan fingerprint density at radius 1 is 1.14 bits per heavy atom. The largest absolute Gasteiger partial charge is 0.478 e. The number of halogens is 2. The van der Waals surface area contributed by atoms with E-state index in [1.807, 2.05) is 0 Å². The summed E-state index contributed by atoms with van der Waals surface area (Å²) >= 11 is 0.663. The van der Waals surface area contributed by atoms with Gasteiger partial charge in [0.1, 0.15) is 11.6 Å². The molecule has 2 rings (SSSR count). The zero-order valence-corrected chi connectivity index (χ0v) is 11.1. The second-order valence-electron chi connectivity index (χ2n) is 3.92. The van der Waals surface area contributed by atoms with Crippen LogP contribution >= 0.6 is 11.8 Å². The number of aromatic carboxylic acids is 1. The molecule has 1 N–H and O–H groups in total. The second-order valence-corrected chi connectivity index (χ2v) is 5.01. The van der Waals surface area contributed by atoms with E-state index in [0.717, 1.165) is 36.4 Å². The Bertz CT molecular complexity index is 736. The molecular formula is C13H7F2NO4S. The van der Waals surface area contributed by atoms with Gasteiger partial charge in [-0.05, 0) is 30.3 Å². The van der Waals surface area contributed by atoms with Crippen LogP contribution in [0.25, 0.3) is 0 Å². The summed E-state index contributed by atoms with van der Waals surface area (Å²) in [5.74, 6) is -2.75. The minimum Gasteiger partial charge on any atom is -0.478 e. The maximum Gasteiger partial charge on any atom is 0.335 e. The smallest absolute Gasteiger partial charge is 0.335 e. The van der Waals surface area contributed by atoms with Gasteiger partial charge in [0.2, 0.25) is 0 Å². The number of carbonyl (C=O) groups is 1. The highest BCUT2D eigenvalue weighted by Gasteiger charge is 2.18. The summed E-state index contributed by atoms with van der Waals surface area (Å²) < 4.78 is 26.7. The molecule has 8 heteroatoms. The van der Waals surface area contributed by atoms with Gasteiger partial charge in [0.15, 0.2) is 0 Å². The van der Waals surface area contributed by atoms with Crippen molar-refractivity contribution in [2.75, 3.05) is 0 Å². The molecule has 2 aromatic rings. The van der Waals surface area contributed by atoms with E-state index in [4.69, 9.17) is 5.11 Å². The molecule has 0 heterocycles. The molecule has 0 unspecified atom stereocenters. The molecule has 5 nitrogen and oxygen atoms in total. The van der Waals surface area contributed by atoms with E-state index >= 15 is 0 Å². The molecule has 0 saturated carbocycles. The van der Waals surface area contributed by atoms with Gasteiger partial charge in [0, 0.05) is 4.90 Å². The average molecular weight is 311 g/mol. The Hall–Kier alpha value is -2.48. The standard InChI is InChI=1S/C13H7F2NO4S/c14-8-2-4-11(10(6-8)16(19)20)21-12-5-7(13(17)18)1-3-9(12)15/h1-6H,(H,17,18). The van der Waals surface area contributed by atoms with Crippen LogP contribution in [0, 0.1) is 21.7 Å². The van der Waals surface area contributed by atoms with Crippen molar-refractivity contribution in [1.82, 2.24) is 0 Å². The van der Waals surface area contributed by atoms with Crippen LogP contribution in [0.1, 0.15) is 10.4 Å². The fraction of sp³-hybridized carbons (Fsp3) is 0. The highest BCUT2D eigenvalue weighted by molar-refractivity contribution is 7.99. The summed E-state index contributed by atoms with van der Waals surface area (Å²) in [4.78, 5) is 20.8. The first-order chi connectivity index (χ1) is 9.88. The van der Waals surface area contributed by atoms with Crippen molar-refractivity contribution in [3.8, 4) is 0 Å². The lowest BCUT2D eigenvalue weighted by molar-refractivity contribution is -0.387. The van der Waals surface area contributed by atoms with Gasteiger partial charge in [-0.3, -0.25) is 10.1 Å². The Kier molecular flexibility index (Phi) is 4.18. The van der Waals surface area contributed by atoms with E-state index < -0.39 is 28.2 Å².